The number of nitrogens with zero attached hydrogens (tertiary/aromatic N) is 2. The van der Waals surface area contributed by atoms with Crippen LogP contribution in [0, 0.1) is 5.41 Å². The predicted octanol–water partition coefficient (Wildman–Crippen LogP) is 3.60. The van der Waals surface area contributed by atoms with E-state index in [0.717, 1.165) is 13.1 Å². The fraction of sp³-hybridized carbons (Fsp3) is 0.500. The van der Waals surface area contributed by atoms with Crippen LogP contribution in [0.2, 0.25) is 0 Å². The maximum atomic E-state index is 4.46. The number of benzene rings is 1. The van der Waals surface area contributed by atoms with Crippen molar-refractivity contribution in [1.82, 2.24) is 15.1 Å². The summed E-state index contributed by atoms with van der Waals surface area (Å²) in [7, 11) is 0. The van der Waals surface area contributed by atoms with E-state index in [4.69, 9.17) is 0 Å². The van der Waals surface area contributed by atoms with Crippen molar-refractivity contribution in [2.45, 2.75) is 52.2 Å². The Morgan fingerprint density at radius 1 is 1.24 bits per heavy atom. The van der Waals surface area contributed by atoms with Crippen molar-refractivity contribution < 1.29 is 0 Å². The van der Waals surface area contributed by atoms with Gasteiger partial charge in [0.15, 0.2) is 0 Å². The molecule has 3 rings (SSSR count). The van der Waals surface area contributed by atoms with Gasteiger partial charge in [-0.25, -0.2) is 0 Å². The number of aromatic nitrogens is 2. The lowest BCUT2D eigenvalue weighted by Crippen LogP contribution is -2.26. The fourth-order valence-electron chi connectivity index (χ4n) is 3.23. The monoisotopic (exact) mass is 283 g/mol. The molecule has 0 saturated heterocycles. The zero-order chi connectivity index (χ0) is 14.7. The first-order valence-corrected chi connectivity index (χ1v) is 7.89. The largest absolute Gasteiger partial charge is 0.310 e. The summed E-state index contributed by atoms with van der Waals surface area (Å²) in [6.07, 6.45) is 8.05. The van der Waals surface area contributed by atoms with Gasteiger partial charge in [-0.05, 0) is 30.2 Å². The summed E-state index contributed by atoms with van der Waals surface area (Å²) in [6.45, 7) is 6.51. The maximum absolute atomic E-state index is 4.46. The van der Waals surface area contributed by atoms with E-state index in [-0.39, 0.29) is 0 Å². The van der Waals surface area contributed by atoms with Crippen molar-refractivity contribution in [1.29, 1.82) is 0 Å². The quantitative estimate of drug-likeness (QED) is 0.908. The SMILES string of the molecule is CC1(C)CCC(NCc2cnn(Cc3ccccc3)c2)C1. The molecule has 0 bridgehead atoms. The van der Waals surface area contributed by atoms with Gasteiger partial charge in [-0.1, -0.05) is 44.2 Å². The van der Waals surface area contributed by atoms with Crippen molar-refractivity contribution in [2.24, 2.45) is 5.41 Å². The summed E-state index contributed by atoms with van der Waals surface area (Å²) in [4.78, 5) is 0. The smallest absolute Gasteiger partial charge is 0.0659 e. The van der Waals surface area contributed by atoms with Gasteiger partial charge in [-0.15, -0.1) is 0 Å². The molecule has 0 spiro atoms. The maximum Gasteiger partial charge on any atom is 0.0659 e. The molecule has 21 heavy (non-hydrogen) atoms. The second-order valence-electron chi connectivity index (χ2n) is 7.02. The van der Waals surface area contributed by atoms with Crippen molar-refractivity contribution in [3.63, 3.8) is 0 Å². The van der Waals surface area contributed by atoms with Gasteiger partial charge >= 0.3 is 0 Å². The van der Waals surface area contributed by atoms with Crippen LogP contribution in [-0.2, 0) is 13.1 Å². The van der Waals surface area contributed by atoms with E-state index >= 15 is 0 Å². The highest BCUT2D eigenvalue weighted by Crippen LogP contribution is 2.36. The summed E-state index contributed by atoms with van der Waals surface area (Å²) in [5.41, 5.74) is 3.07. The fourth-order valence-corrected chi connectivity index (χ4v) is 3.23. The van der Waals surface area contributed by atoms with Gasteiger partial charge in [0.2, 0.25) is 0 Å². The number of hydrogen-bond acceptors (Lipinski definition) is 2. The minimum absolute atomic E-state index is 0.509. The summed E-state index contributed by atoms with van der Waals surface area (Å²) in [6, 6.07) is 11.1. The van der Waals surface area contributed by atoms with E-state index in [9.17, 15) is 0 Å². The summed E-state index contributed by atoms with van der Waals surface area (Å²) < 4.78 is 2.02. The van der Waals surface area contributed by atoms with Crippen LogP contribution in [0.4, 0.5) is 0 Å². The molecule has 1 aromatic carbocycles. The minimum Gasteiger partial charge on any atom is -0.310 e. The first kappa shape index (κ1) is 14.3. The Morgan fingerprint density at radius 3 is 2.76 bits per heavy atom. The van der Waals surface area contributed by atoms with E-state index in [0.29, 0.717) is 11.5 Å². The lowest BCUT2D eigenvalue weighted by atomic mass is 9.92. The Balaban J connectivity index is 1.51. The molecular weight excluding hydrogens is 258 g/mol. The van der Waals surface area contributed by atoms with Gasteiger partial charge in [-0.2, -0.15) is 5.10 Å². The molecule has 1 aliphatic rings. The molecule has 1 saturated carbocycles. The summed E-state index contributed by atoms with van der Waals surface area (Å²) >= 11 is 0. The lowest BCUT2D eigenvalue weighted by Gasteiger charge is -2.17. The Morgan fingerprint density at radius 2 is 2.05 bits per heavy atom. The summed E-state index contributed by atoms with van der Waals surface area (Å²) in [5.74, 6) is 0. The highest BCUT2D eigenvalue weighted by Gasteiger charge is 2.30. The molecule has 1 unspecified atom stereocenters. The van der Waals surface area contributed by atoms with E-state index in [1.165, 1.54) is 30.4 Å². The van der Waals surface area contributed by atoms with Crippen LogP contribution in [0.15, 0.2) is 42.7 Å². The van der Waals surface area contributed by atoms with Gasteiger partial charge < -0.3 is 5.32 Å². The molecule has 0 radical (unpaired) electrons. The second-order valence-corrected chi connectivity index (χ2v) is 7.02. The molecule has 1 aromatic heterocycles. The Kier molecular flexibility index (Phi) is 4.11. The van der Waals surface area contributed by atoms with Crippen LogP contribution in [0.5, 0.6) is 0 Å². The molecular formula is C18H25N3. The van der Waals surface area contributed by atoms with Crippen molar-refractivity contribution in [3.8, 4) is 0 Å². The van der Waals surface area contributed by atoms with Crippen LogP contribution in [0.1, 0.15) is 44.2 Å². The first-order chi connectivity index (χ1) is 10.1. The normalized spacial score (nSPS) is 20.8. The molecule has 0 aliphatic heterocycles. The van der Waals surface area contributed by atoms with Crippen LogP contribution < -0.4 is 5.32 Å². The van der Waals surface area contributed by atoms with Crippen LogP contribution in [0.25, 0.3) is 0 Å². The predicted molar refractivity (Wildman–Crippen MR) is 86.0 cm³/mol. The molecule has 1 fully saturated rings. The molecule has 1 heterocycles. The lowest BCUT2D eigenvalue weighted by molar-refractivity contribution is 0.364. The average Bonchev–Trinajstić information content (AvgIpc) is 3.04. The van der Waals surface area contributed by atoms with Crippen LogP contribution >= 0.6 is 0 Å². The third kappa shape index (κ3) is 3.94. The number of rotatable bonds is 5. The van der Waals surface area contributed by atoms with Gasteiger partial charge in [0.05, 0.1) is 12.7 Å². The highest BCUT2D eigenvalue weighted by molar-refractivity contribution is 5.15. The Bertz CT molecular complexity index is 571. The van der Waals surface area contributed by atoms with E-state index in [2.05, 4.69) is 54.7 Å². The zero-order valence-corrected chi connectivity index (χ0v) is 13.0. The van der Waals surface area contributed by atoms with Gasteiger partial charge in [0.25, 0.3) is 0 Å². The van der Waals surface area contributed by atoms with Crippen molar-refractivity contribution >= 4 is 0 Å². The molecule has 1 N–H and O–H groups in total. The van der Waals surface area contributed by atoms with Gasteiger partial charge in [0.1, 0.15) is 0 Å². The standard InChI is InChI=1S/C18H25N3/c1-18(2)9-8-17(10-18)19-11-16-12-20-21(14-16)13-15-6-4-3-5-7-15/h3-7,12,14,17,19H,8-11,13H2,1-2H3. The van der Waals surface area contributed by atoms with Gasteiger partial charge in [-0.3, -0.25) is 4.68 Å². The van der Waals surface area contributed by atoms with Crippen LogP contribution in [0.3, 0.4) is 0 Å². The number of hydrogen-bond donors (Lipinski definition) is 1. The zero-order valence-electron chi connectivity index (χ0n) is 13.0. The van der Waals surface area contributed by atoms with Gasteiger partial charge in [0, 0.05) is 24.3 Å². The number of nitrogens with one attached hydrogen (secondary N) is 1. The molecule has 0 amide bonds. The van der Waals surface area contributed by atoms with E-state index < -0.39 is 0 Å². The average molecular weight is 283 g/mol. The minimum atomic E-state index is 0.509. The molecule has 2 aromatic rings. The van der Waals surface area contributed by atoms with E-state index in [1.54, 1.807) is 0 Å². The molecule has 1 atom stereocenters. The third-order valence-electron chi connectivity index (χ3n) is 4.44. The first-order valence-electron chi connectivity index (χ1n) is 7.89. The topological polar surface area (TPSA) is 29.9 Å². The molecule has 112 valence electrons. The molecule has 3 heteroatoms. The molecule has 1 aliphatic carbocycles. The third-order valence-corrected chi connectivity index (χ3v) is 4.44. The van der Waals surface area contributed by atoms with Crippen molar-refractivity contribution in [3.05, 3.63) is 53.9 Å². The second kappa shape index (κ2) is 6.02. The van der Waals surface area contributed by atoms with Crippen LogP contribution in [-0.4, -0.2) is 15.8 Å². The Labute approximate surface area is 127 Å². The van der Waals surface area contributed by atoms with E-state index in [1.807, 2.05) is 16.9 Å². The molecule has 3 nitrogen and oxygen atoms in total. The highest BCUT2D eigenvalue weighted by atomic mass is 15.3. The summed E-state index contributed by atoms with van der Waals surface area (Å²) in [5, 5.41) is 8.14. The Hall–Kier alpha value is -1.61. The van der Waals surface area contributed by atoms with Crippen molar-refractivity contribution in [2.75, 3.05) is 0 Å².